The zero-order valence-electron chi connectivity index (χ0n) is 15.1. The summed E-state index contributed by atoms with van der Waals surface area (Å²) in [6, 6.07) is 18.1. The van der Waals surface area contributed by atoms with Gasteiger partial charge in [-0.1, -0.05) is 53.2 Å². The highest BCUT2D eigenvalue weighted by Crippen LogP contribution is 2.38. The van der Waals surface area contributed by atoms with Crippen molar-refractivity contribution in [2.24, 2.45) is 5.16 Å². The van der Waals surface area contributed by atoms with Gasteiger partial charge in [-0.05, 0) is 47.0 Å². The molecule has 0 aromatic heterocycles. The van der Waals surface area contributed by atoms with Crippen LogP contribution in [0.15, 0.2) is 71.9 Å². The van der Waals surface area contributed by atoms with Crippen LogP contribution in [0.1, 0.15) is 16.7 Å². The van der Waals surface area contributed by atoms with E-state index in [0.717, 1.165) is 34.5 Å². The summed E-state index contributed by atoms with van der Waals surface area (Å²) in [6.45, 7) is 0.978. The average molecular weight is 417 g/mol. The van der Waals surface area contributed by atoms with Crippen LogP contribution in [-0.4, -0.2) is 17.5 Å². The first-order chi connectivity index (χ1) is 13.9. The molecule has 3 nitrogen and oxygen atoms in total. The minimum atomic E-state index is -4.38. The molecule has 1 N–H and O–H groups in total. The highest BCUT2D eigenvalue weighted by molar-refractivity contribution is 6.30. The van der Waals surface area contributed by atoms with Gasteiger partial charge in [-0.2, -0.15) is 13.2 Å². The first-order valence-electron chi connectivity index (χ1n) is 8.88. The van der Waals surface area contributed by atoms with Crippen LogP contribution in [0.25, 0.3) is 11.1 Å². The fraction of sp³-hybridized carbons (Fsp3) is 0.136. The third kappa shape index (κ3) is 3.80. The lowest BCUT2D eigenvalue weighted by molar-refractivity contribution is -0.137. The highest BCUT2D eigenvalue weighted by atomic mass is 35.5. The van der Waals surface area contributed by atoms with Gasteiger partial charge < -0.3 is 10.1 Å². The Morgan fingerprint density at radius 3 is 2.28 bits per heavy atom. The molecular formula is C22H16ClF3N2O. The molecule has 1 aliphatic heterocycles. The van der Waals surface area contributed by atoms with Gasteiger partial charge in [0.2, 0.25) is 0 Å². The number of oxime groups is 1. The molecule has 0 saturated heterocycles. The minimum absolute atomic E-state index is 0.395. The number of hydrogen-bond acceptors (Lipinski definition) is 3. The normalized spacial score (nSPS) is 15.0. The van der Waals surface area contributed by atoms with Gasteiger partial charge in [0.1, 0.15) is 5.71 Å². The molecule has 1 heterocycles. The Balaban J connectivity index is 1.72. The zero-order chi connectivity index (χ0) is 20.6. The van der Waals surface area contributed by atoms with Crippen molar-refractivity contribution in [1.29, 1.82) is 0 Å². The van der Waals surface area contributed by atoms with Gasteiger partial charge in [0.25, 0.3) is 0 Å². The summed E-state index contributed by atoms with van der Waals surface area (Å²) < 4.78 is 38.6. The molecule has 0 amide bonds. The number of halogens is 4. The first kappa shape index (κ1) is 19.3. The Kier molecular flexibility index (Phi) is 4.96. The molecule has 0 atom stereocenters. The molecule has 3 aromatic carbocycles. The van der Waals surface area contributed by atoms with Crippen LogP contribution in [0, 0.1) is 0 Å². The number of benzene rings is 3. The van der Waals surface area contributed by atoms with Crippen LogP contribution in [0.4, 0.5) is 18.9 Å². The van der Waals surface area contributed by atoms with Crippen molar-refractivity contribution >= 4 is 23.0 Å². The Hall–Kier alpha value is -2.99. The van der Waals surface area contributed by atoms with Gasteiger partial charge in [0.05, 0.1) is 12.1 Å². The monoisotopic (exact) mass is 416 g/mol. The lowest BCUT2D eigenvalue weighted by Gasteiger charge is -2.19. The van der Waals surface area contributed by atoms with Crippen molar-refractivity contribution in [3.8, 4) is 11.1 Å². The lowest BCUT2D eigenvalue weighted by Crippen LogP contribution is -2.22. The highest BCUT2D eigenvalue weighted by Gasteiger charge is 2.31. The molecule has 0 spiro atoms. The molecule has 4 rings (SSSR count). The number of anilines is 1. The van der Waals surface area contributed by atoms with E-state index in [1.807, 2.05) is 42.5 Å². The first-order valence-corrected chi connectivity index (χ1v) is 9.26. The third-order valence-corrected chi connectivity index (χ3v) is 5.19. The Morgan fingerprint density at radius 1 is 0.966 bits per heavy atom. The summed E-state index contributed by atoms with van der Waals surface area (Å²) in [4.78, 5) is 2.06. The summed E-state index contributed by atoms with van der Waals surface area (Å²) in [6.07, 6.45) is -4.38. The molecule has 7 heteroatoms. The van der Waals surface area contributed by atoms with Crippen molar-refractivity contribution in [1.82, 2.24) is 0 Å². The van der Waals surface area contributed by atoms with Crippen molar-refractivity contribution < 1.29 is 18.4 Å². The Labute approximate surface area is 170 Å². The topological polar surface area (TPSA) is 35.8 Å². The lowest BCUT2D eigenvalue weighted by atomic mass is 9.96. The van der Waals surface area contributed by atoms with Gasteiger partial charge in [0.15, 0.2) is 0 Å². The van der Waals surface area contributed by atoms with E-state index in [0.29, 0.717) is 29.4 Å². The van der Waals surface area contributed by atoms with Crippen LogP contribution in [0.3, 0.4) is 0 Å². The third-order valence-electron chi connectivity index (χ3n) is 4.94. The van der Waals surface area contributed by atoms with E-state index in [2.05, 4.69) is 10.1 Å². The minimum Gasteiger partial charge on any atom is -0.411 e. The van der Waals surface area contributed by atoms with E-state index in [1.165, 1.54) is 12.1 Å². The van der Waals surface area contributed by atoms with E-state index in [4.69, 9.17) is 11.6 Å². The quantitative estimate of drug-likeness (QED) is 0.406. The van der Waals surface area contributed by atoms with Gasteiger partial charge in [0, 0.05) is 22.8 Å². The summed E-state index contributed by atoms with van der Waals surface area (Å²) in [5, 5.41) is 13.7. The zero-order valence-corrected chi connectivity index (χ0v) is 15.9. The molecule has 0 bridgehead atoms. The van der Waals surface area contributed by atoms with E-state index >= 15 is 0 Å². The summed E-state index contributed by atoms with van der Waals surface area (Å²) in [5.41, 5.74) is 3.76. The number of hydrogen-bond donors (Lipinski definition) is 1. The van der Waals surface area contributed by atoms with Crippen LogP contribution in [0.5, 0.6) is 0 Å². The van der Waals surface area contributed by atoms with E-state index in [9.17, 15) is 18.4 Å². The second kappa shape index (κ2) is 7.44. The predicted octanol–water partition coefficient (Wildman–Crippen LogP) is 6.22. The standard InChI is InChI=1S/C22H16ClF3N2O/c23-17-10-4-14(5-11-17)12-28-13-19(27-29)21-18(2-1-3-20(21)28)15-6-8-16(9-7-15)22(24,25)26/h1-11,29H,12-13H2. The molecule has 0 saturated carbocycles. The maximum atomic E-state index is 12.9. The Bertz CT molecular complexity index is 1060. The second-order valence-corrected chi connectivity index (χ2v) is 7.24. The number of alkyl halides is 3. The van der Waals surface area contributed by atoms with Gasteiger partial charge in [-0.15, -0.1) is 0 Å². The van der Waals surface area contributed by atoms with Crippen molar-refractivity contribution in [3.05, 3.63) is 88.4 Å². The smallest absolute Gasteiger partial charge is 0.411 e. The fourth-order valence-corrected chi connectivity index (χ4v) is 3.69. The van der Waals surface area contributed by atoms with E-state index < -0.39 is 11.7 Å². The maximum absolute atomic E-state index is 12.9. The molecule has 29 heavy (non-hydrogen) atoms. The summed E-state index contributed by atoms with van der Waals surface area (Å²) in [5.74, 6) is 0. The molecule has 0 fully saturated rings. The maximum Gasteiger partial charge on any atom is 0.416 e. The van der Waals surface area contributed by atoms with E-state index in [-0.39, 0.29) is 0 Å². The fourth-order valence-electron chi connectivity index (χ4n) is 3.56. The molecule has 0 radical (unpaired) electrons. The number of rotatable bonds is 3. The molecular weight excluding hydrogens is 401 g/mol. The van der Waals surface area contributed by atoms with Crippen molar-refractivity contribution in [3.63, 3.8) is 0 Å². The van der Waals surface area contributed by atoms with E-state index in [1.54, 1.807) is 0 Å². The van der Waals surface area contributed by atoms with Crippen molar-refractivity contribution in [2.45, 2.75) is 12.7 Å². The van der Waals surface area contributed by atoms with Gasteiger partial charge in [-0.25, -0.2) is 0 Å². The molecule has 0 aliphatic carbocycles. The Morgan fingerprint density at radius 2 is 1.66 bits per heavy atom. The van der Waals surface area contributed by atoms with Crippen molar-refractivity contribution in [2.75, 3.05) is 11.4 Å². The van der Waals surface area contributed by atoms with Gasteiger partial charge >= 0.3 is 6.18 Å². The SMILES string of the molecule is ON=C1CN(Cc2ccc(Cl)cc2)c2cccc(-c3ccc(C(F)(F)F)cc3)c21. The second-order valence-electron chi connectivity index (χ2n) is 6.80. The van der Waals surface area contributed by atoms with Gasteiger partial charge in [-0.3, -0.25) is 0 Å². The number of nitrogens with zero attached hydrogens (tertiary/aromatic N) is 2. The molecule has 3 aromatic rings. The van der Waals surface area contributed by atoms with Crippen LogP contribution in [0.2, 0.25) is 5.02 Å². The summed E-state index contributed by atoms with van der Waals surface area (Å²) >= 11 is 5.95. The largest absolute Gasteiger partial charge is 0.416 e. The van der Waals surface area contributed by atoms with Crippen LogP contribution in [-0.2, 0) is 12.7 Å². The summed E-state index contributed by atoms with van der Waals surface area (Å²) in [7, 11) is 0. The predicted molar refractivity (Wildman–Crippen MR) is 108 cm³/mol. The number of fused-ring (bicyclic) bond motifs is 1. The molecule has 1 aliphatic rings. The average Bonchev–Trinajstić information content (AvgIpc) is 3.07. The van der Waals surface area contributed by atoms with Crippen LogP contribution >= 0.6 is 11.6 Å². The van der Waals surface area contributed by atoms with Crippen LogP contribution < -0.4 is 4.90 Å². The molecule has 148 valence electrons. The molecule has 0 unspecified atom stereocenters.